The van der Waals surface area contributed by atoms with E-state index in [0.29, 0.717) is 19.3 Å². The number of rotatable bonds is 42. The van der Waals surface area contributed by atoms with Crippen molar-refractivity contribution in [2.75, 3.05) is 13.2 Å². The first-order valence-electron chi connectivity index (χ1n) is 23.4. The summed E-state index contributed by atoms with van der Waals surface area (Å²) in [6.45, 7) is 8.94. The van der Waals surface area contributed by atoms with E-state index in [1.54, 1.807) is 0 Å². The third kappa shape index (κ3) is 41.4. The zero-order valence-electron chi connectivity index (χ0n) is 36.0. The van der Waals surface area contributed by atoms with Gasteiger partial charge in [0, 0.05) is 19.3 Å². The van der Waals surface area contributed by atoms with Gasteiger partial charge < -0.3 is 14.2 Å². The van der Waals surface area contributed by atoms with E-state index < -0.39 is 6.10 Å². The Labute approximate surface area is 329 Å². The third-order valence-corrected chi connectivity index (χ3v) is 10.5. The highest BCUT2D eigenvalue weighted by molar-refractivity contribution is 5.71. The van der Waals surface area contributed by atoms with Gasteiger partial charge in [0.25, 0.3) is 0 Å². The summed E-state index contributed by atoms with van der Waals surface area (Å²) in [6, 6.07) is 0. The Morgan fingerprint density at radius 3 is 0.925 bits per heavy atom. The number of hydrogen-bond acceptors (Lipinski definition) is 6. The van der Waals surface area contributed by atoms with E-state index in [-0.39, 0.29) is 31.1 Å². The lowest BCUT2D eigenvalue weighted by atomic mass is 10.0. The van der Waals surface area contributed by atoms with Gasteiger partial charge in [0.05, 0.1) is 0 Å². The molecule has 6 heteroatoms. The Morgan fingerprint density at radius 1 is 0.358 bits per heavy atom. The van der Waals surface area contributed by atoms with Crippen LogP contribution in [0.25, 0.3) is 0 Å². The molecule has 0 saturated heterocycles. The average Bonchev–Trinajstić information content (AvgIpc) is 3.14. The molecular formula is C47H90O6. The molecule has 0 aliphatic rings. The van der Waals surface area contributed by atoms with E-state index in [1.807, 2.05) is 0 Å². The molecule has 53 heavy (non-hydrogen) atoms. The number of carbonyl (C=O) groups excluding carboxylic acids is 3. The second-order valence-corrected chi connectivity index (χ2v) is 16.5. The molecule has 0 rings (SSSR count). The number of esters is 3. The van der Waals surface area contributed by atoms with E-state index >= 15 is 0 Å². The summed E-state index contributed by atoms with van der Waals surface area (Å²) >= 11 is 0. The van der Waals surface area contributed by atoms with Gasteiger partial charge in [-0.15, -0.1) is 0 Å². The van der Waals surface area contributed by atoms with Crippen molar-refractivity contribution in [3.63, 3.8) is 0 Å². The van der Waals surface area contributed by atoms with Crippen molar-refractivity contribution in [1.29, 1.82) is 0 Å². The first-order valence-corrected chi connectivity index (χ1v) is 23.4. The molecule has 1 atom stereocenters. The minimum atomic E-state index is -0.759. The third-order valence-electron chi connectivity index (χ3n) is 10.5. The molecule has 0 N–H and O–H groups in total. The summed E-state index contributed by atoms with van der Waals surface area (Å²) in [7, 11) is 0. The molecule has 0 unspecified atom stereocenters. The highest BCUT2D eigenvalue weighted by atomic mass is 16.6. The molecule has 0 bridgehead atoms. The van der Waals surface area contributed by atoms with Crippen LogP contribution in [0, 0.1) is 5.92 Å². The standard InChI is InChI=1S/C47H90O6/c1-5-7-9-11-13-15-17-18-19-20-21-23-27-31-35-39-46(49)52-42-44(53-47(50)40-36-32-28-24-25-29-33-37-43(3)4)41-51-45(48)38-34-30-26-22-16-14-12-10-8-6-2/h43-44H,5-42H2,1-4H3/t44-/m0/s1. The van der Waals surface area contributed by atoms with Crippen molar-refractivity contribution in [2.45, 2.75) is 265 Å². The zero-order chi connectivity index (χ0) is 38.9. The van der Waals surface area contributed by atoms with E-state index in [1.165, 1.54) is 154 Å². The predicted octanol–water partition coefficient (Wildman–Crippen LogP) is 14.7. The number of ether oxygens (including phenoxy) is 3. The summed E-state index contributed by atoms with van der Waals surface area (Å²) < 4.78 is 16.7. The highest BCUT2D eigenvalue weighted by Gasteiger charge is 2.19. The van der Waals surface area contributed by atoms with Crippen LogP contribution >= 0.6 is 0 Å². The van der Waals surface area contributed by atoms with Gasteiger partial charge in [0.15, 0.2) is 6.10 Å². The SMILES string of the molecule is CCCCCCCCCCCCCCCCCC(=O)OC[C@H](COC(=O)CCCCCCCCCCCC)OC(=O)CCCCCCCCCC(C)C. The van der Waals surface area contributed by atoms with Crippen molar-refractivity contribution in [2.24, 2.45) is 5.92 Å². The summed E-state index contributed by atoms with van der Waals surface area (Å²) in [5.74, 6) is -0.0784. The van der Waals surface area contributed by atoms with Crippen molar-refractivity contribution in [3.8, 4) is 0 Å². The summed E-state index contributed by atoms with van der Waals surface area (Å²) in [6.07, 6.45) is 40.9. The second-order valence-electron chi connectivity index (χ2n) is 16.5. The van der Waals surface area contributed by atoms with Crippen LogP contribution in [0.15, 0.2) is 0 Å². The minimum Gasteiger partial charge on any atom is -0.462 e. The van der Waals surface area contributed by atoms with Crippen molar-refractivity contribution >= 4 is 17.9 Å². The maximum absolute atomic E-state index is 12.7. The molecule has 0 aliphatic heterocycles. The molecular weight excluding hydrogens is 661 g/mol. The van der Waals surface area contributed by atoms with Crippen LogP contribution in [0.2, 0.25) is 0 Å². The van der Waals surface area contributed by atoms with Crippen LogP contribution in [0.5, 0.6) is 0 Å². The molecule has 0 radical (unpaired) electrons. The quantitative estimate of drug-likeness (QED) is 0.0351. The fourth-order valence-electron chi connectivity index (χ4n) is 6.98. The average molecular weight is 751 g/mol. The first kappa shape index (κ1) is 51.4. The predicted molar refractivity (Wildman–Crippen MR) is 224 cm³/mol. The Bertz CT molecular complexity index is 796. The molecule has 0 aliphatic carbocycles. The molecule has 0 amide bonds. The molecule has 0 fully saturated rings. The fourth-order valence-corrected chi connectivity index (χ4v) is 6.98. The van der Waals surface area contributed by atoms with E-state index in [4.69, 9.17) is 14.2 Å². The smallest absolute Gasteiger partial charge is 0.306 e. The van der Waals surface area contributed by atoms with Crippen molar-refractivity contribution < 1.29 is 28.6 Å². The Hall–Kier alpha value is -1.59. The fraction of sp³-hybridized carbons (Fsp3) is 0.936. The largest absolute Gasteiger partial charge is 0.462 e. The maximum Gasteiger partial charge on any atom is 0.306 e. The Balaban J connectivity index is 4.28. The zero-order valence-corrected chi connectivity index (χ0v) is 36.0. The van der Waals surface area contributed by atoms with Crippen molar-refractivity contribution in [3.05, 3.63) is 0 Å². The first-order chi connectivity index (χ1) is 25.9. The Morgan fingerprint density at radius 2 is 0.623 bits per heavy atom. The monoisotopic (exact) mass is 751 g/mol. The van der Waals surface area contributed by atoms with Gasteiger partial charge in [-0.3, -0.25) is 14.4 Å². The van der Waals surface area contributed by atoms with E-state index in [0.717, 1.165) is 63.7 Å². The molecule has 0 aromatic carbocycles. The van der Waals surface area contributed by atoms with Crippen LogP contribution in [-0.4, -0.2) is 37.2 Å². The van der Waals surface area contributed by atoms with Gasteiger partial charge in [-0.25, -0.2) is 0 Å². The van der Waals surface area contributed by atoms with Gasteiger partial charge in [0.2, 0.25) is 0 Å². The molecule has 0 saturated carbocycles. The Kier molecular flexibility index (Phi) is 40.3. The van der Waals surface area contributed by atoms with Gasteiger partial charge in [-0.05, 0) is 25.2 Å². The molecule has 0 aromatic heterocycles. The lowest BCUT2D eigenvalue weighted by Crippen LogP contribution is -2.30. The highest BCUT2D eigenvalue weighted by Crippen LogP contribution is 2.16. The number of hydrogen-bond donors (Lipinski definition) is 0. The van der Waals surface area contributed by atoms with Crippen LogP contribution in [0.1, 0.15) is 259 Å². The second kappa shape index (κ2) is 41.6. The van der Waals surface area contributed by atoms with Crippen LogP contribution in [-0.2, 0) is 28.6 Å². The molecule has 6 nitrogen and oxygen atoms in total. The van der Waals surface area contributed by atoms with E-state index in [2.05, 4.69) is 27.7 Å². The number of carbonyl (C=O) groups is 3. The topological polar surface area (TPSA) is 78.9 Å². The van der Waals surface area contributed by atoms with Gasteiger partial charge >= 0.3 is 17.9 Å². The van der Waals surface area contributed by atoms with Crippen LogP contribution in [0.4, 0.5) is 0 Å². The molecule has 0 spiro atoms. The number of unbranched alkanes of at least 4 members (excludes halogenated alkanes) is 29. The maximum atomic E-state index is 12.7. The van der Waals surface area contributed by atoms with Gasteiger partial charge in [-0.1, -0.05) is 220 Å². The molecule has 0 aromatic rings. The molecule has 0 heterocycles. The summed E-state index contributed by atoms with van der Waals surface area (Å²) in [4.78, 5) is 37.7. The van der Waals surface area contributed by atoms with Crippen LogP contribution < -0.4 is 0 Å². The van der Waals surface area contributed by atoms with Gasteiger partial charge in [0.1, 0.15) is 13.2 Å². The molecule has 314 valence electrons. The normalized spacial score (nSPS) is 11.9. The summed E-state index contributed by atoms with van der Waals surface area (Å²) in [5, 5.41) is 0. The van der Waals surface area contributed by atoms with E-state index in [9.17, 15) is 14.4 Å². The van der Waals surface area contributed by atoms with Gasteiger partial charge in [-0.2, -0.15) is 0 Å². The summed E-state index contributed by atoms with van der Waals surface area (Å²) in [5.41, 5.74) is 0. The minimum absolute atomic E-state index is 0.0643. The lowest BCUT2D eigenvalue weighted by Gasteiger charge is -2.18. The lowest BCUT2D eigenvalue weighted by molar-refractivity contribution is -0.167. The van der Waals surface area contributed by atoms with Crippen molar-refractivity contribution in [1.82, 2.24) is 0 Å². The van der Waals surface area contributed by atoms with Crippen LogP contribution in [0.3, 0.4) is 0 Å².